The van der Waals surface area contributed by atoms with E-state index < -0.39 is 0 Å². The first-order chi connectivity index (χ1) is 11.3. The van der Waals surface area contributed by atoms with Gasteiger partial charge in [-0.2, -0.15) is 0 Å². The topological polar surface area (TPSA) is 64.8 Å². The van der Waals surface area contributed by atoms with E-state index in [1.54, 1.807) is 0 Å². The summed E-state index contributed by atoms with van der Waals surface area (Å²) in [5, 5.41) is 4.97. The number of carbonyl (C=O) groups excluding carboxylic acids is 1. The summed E-state index contributed by atoms with van der Waals surface area (Å²) in [4.78, 5) is 14.7. The van der Waals surface area contributed by atoms with Crippen LogP contribution < -0.4 is 0 Å². The Bertz CT molecular complexity index is 693. The van der Waals surface area contributed by atoms with Gasteiger partial charge >= 0.3 is 0 Å². The second-order valence-electron chi connectivity index (χ2n) is 6.06. The Morgan fingerprint density at radius 1 is 1.22 bits per heavy atom. The van der Waals surface area contributed by atoms with Crippen LogP contribution in [0, 0.1) is 0 Å². The highest BCUT2D eigenvalue weighted by Crippen LogP contribution is 2.26. The molecule has 122 valence electrons. The van der Waals surface area contributed by atoms with Gasteiger partial charge in [0, 0.05) is 11.9 Å². The molecule has 6 heteroatoms. The van der Waals surface area contributed by atoms with Gasteiger partial charge in [-0.05, 0) is 31.4 Å². The molecular weight excluding hydrogens is 296 g/mol. The first-order valence-electron chi connectivity index (χ1n) is 8.19. The van der Waals surface area contributed by atoms with Crippen molar-refractivity contribution in [2.24, 2.45) is 0 Å². The summed E-state index contributed by atoms with van der Waals surface area (Å²) in [7, 11) is 0. The van der Waals surface area contributed by atoms with E-state index >= 15 is 0 Å². The Kier molecular flexibility index (Phi) is 4.01. The molecule has 6 nitrogen and oxygen atoms in total. The minimum absolute atomic E-state index is 0.0110. The number of nitrogens with zero attached hydrogens (tertiary/aromatic N) is 2. The van der Waals surface area contributed by atoms with Crippen LogP contribution in [0.25, 0.3) is 11.0 Å². The molecule has 2 aliphatic heterocycles. The molecule has 1 amide bonds. The van der Waals surface area contributed by atoms with Crippen LogP contribution in [-0.2, 0) is 20.7 Å². The van der Waals surface area contributed by atoms with Gasteiger partial charge in [-0.15, -0.1) is 0 Å². The monoisotopic (exact) mass is 316 g/mol. The molecular formula is C17H20N2O4. The number of hydrogen-bond donors (Lipinski definition) is 0. The number of aromatic nitrogens is 1. The number of hydrogen-bond acceptors (Lipinski definition) is 5. The number of fused-ring (bicyclic) bond motifs is 1. The van der Waals surface area contributed by atoms with Gasteiger partial charge in [0.25, 0.3) is 0 Å². The van der Waals surface area contributed by atoms with Gasteiger partial charge in [0.1, 0.15) is 5.69 Å². The Morgan fingerprint density at radius 2 is 2.04 bits per heavy atom. The zero-order chi connectivity index (χ0) is 15.6. The predicted molar refractivity (Wildman–Crippen MR) is 82.8 cm³/mol. The third-order valence-electron chi connectivity index (χ3n) is 4.60. The largest absolute Gasteiger partial charge is 0.356 e. The lowest BCUT2D eigenvalue weighted by atomic mass is 10.0. The number of benzene rings is 1. The number of para-hydroxylation sites is 1. The lowest BCUT2D eigenvalue weighted by molar-refractivity contribution is -0.150. The predicted octanol–water partition coefficient (Wildman–Crippen LogP) is 2.12. The quantitative estimate of drug-likeness (QED) is 0.868. The summed E-state index contributed by atoms with van der Waals surface area (Å²) in [6.07, 6.45) is 3.02. The molecule has 0 bridgehead atoms. The molecule has 2 aromatic rings. The van der Waals surface area contributed by atoms with Gasteiger partial charge in [-0.1, -0.05) is 17.3 Å². The van der Waals surface area contributed by atoms with Crippen molar-refractivity contribution in [2.45, 2.75) is 38.0 Å². The van der Waals surface area contributed by atoms with Crippen molar-refractivity contribution in [3.63, 3.8) is 0 Å². The van der Waals surface area contributed by atoms with E-state index in [9.17, 15) is 4.79 Å². The highest BCUT2D eigenvalue weighted by atomic mass is 16.7. The first-order valence-corrected chi connectivity index (χ1v) is 8.19. The molecule has 0 radical (unpaired) electrons. The fraction of sp³-hybridized carbons (Fsp3) is 0.529. The molecule has 2 saturated heterocycles. The van der Waals surface area contributed by atoms with Crippen LogP contribution in [0.4, 0.5) is 0 Å². The van der Waals surface area contributed by atoms with Crippen LogP contribution in [0.15, 0.2) is 28.8 Å². The summed E-state index contributed by atoms with van der Waals surface area (Å²) in [6.45, 7) is 1.97. The zero-order valence-corrected chi connectivity index (χ0v) is 12.9. The third-order valence-corrected chi connectivity index (χ3v) is 4.60. The maximum atomic E-state index is 12.8. The zero-order valence-electron chi connectivity index (χ0n) is 12.9. The normalized spacial score (nSPS) is 22.8. The van der Waals surface area contributed by atoms with Gasteiger partial charge in [-0.3, -0.25) is 4.79 Å². The van der Waals surface area contributed by atoms with E-state index in [2.05, 4.69) is 5.16 Å². The molecule has 1 aromatic heterocycles. The molecule has 4 rings (SSSR count). The Morgan fingerprint density at radius 3 is 2.91 bits per heavy atom. The molecule has 0 spiro atoms. The number of rotatable bonds is 3. The van der Waals surface area contributed by atoms with Crippen molar-refractivity contribution < 1.29 is 18.8 Å². The second-order valence-corrected chi connectivity index (χ2v) is 6.06. The highest BCUT2D eigenvalue weighted by Gasteiger charge is 2.36. The number of amides is 1. The fourth-order valence-electron chi connectivity index (χ4n) is 3.46. The van der Waals surface area contributed by atoms with E-state index in [0.29, 0.717) is 24.5 Å². The first kappa shape index (κ1) is 14.7. The molecule has 3 heterocycles. The SMILES string of the molecule is O=C(Cc1noc2ccccc12)N1CCCC[C@@H]1C1OCCO1. The van der Waals surface area contributed by atoms with Crippen LogP contribution in [0.5, 0.6) is 0 Å². The third kappa shape index (κ3) is 2.84. The van der Waals surface area contributed by atoms with Crippen molar-refractivity contribution in [1.29, 1.82) is 0 Å². The molecule has 1 atom stereocenters. The van der Waals surface area contributed by atoms with Gasteiger partial charge in [0.05, 0.1) is 25.7 Å². The molecule has 0 aliphatic carbocycles. The lowest BCUT2D eigenvalue weighted by Crippen LogP contribution is -2.50. The molecule has 0 N–H and O–H groups in total. The average molecular weight is 316 g/mol. The van der Waals surface area contributed by atoms with E-state index in [1.165, 1.54) is 0 Å². The summed E-state index contributed by atoms with van der Waals surface area (Å²) in [6, 6.07) is 7.63. The molecule has 0 saturated carbocycles. The van der Waals surface area contributed by atoms with Crippen LogP contribution in [0.1, 0.15) is 25.0 Å². The minimum atomic E-state index is -0.284. The number of piperidine rings is 1. The highest BCUT2D eigenvalue weighted by molar-refractivity contribution is 5.86. The molecule has 23 heavy (non-hydrogen) atoms. The van der Waals surface area contributed by atoms with Crippen molar-refractivity contribution in [3.05, 3.63) is 30.0 Å². The van der Waals surface area contributed by atoms with Crippen LogP contribution in [0.3, 0.4) is 0 Å². The number of likely N-dealkylation sites (tertiary alicyclic amines) is 1. The number of ether oxygens (including phenoxy) is 2. The maximum Gasteiger partial charge on any atom is 0.229 e. The fourth-order valence-corrected chi connectivity index (χ4v) is 3.46. The van der Waals surface area contributed by atoms with Gasteiger partial charge in [0.2, 0.25) is 5.91 Å². The Labute approximate surface area is 134 Å². The minimum Gasteiger partial charge on any atom is -0.356 e. The van der Waals surface area contributed by atoms with Crippen LogP contribution in [0.2, 0.25) is 0 Å². The Balaban J connectivity index is 1.52. The Hall–Kier alpha value is -1.92. The molecule has 2 aliphatic rings. The van der Waals surface area contributed by atoms with E-state index in [4.69, 9.17) is 14.0 Å². The summed E-state index contributed by atoms with van der Waals surface area (Å²) in [5.41, 5.74) is 1.41. The van der Waals surface area contributed by atoms with Crippen LogP contribution in [-0.4, -0.2) is 48.1 Å². The van der Waals surface area contributed by atoms with Crippen molar-refractivity contribution in [3.8, 4) is 0 Å². The van der Waals surface area contributed by atoms with Crippen LogP contribution >= 0.6 is 0 Å². The van der Waals surface area contributed by atoms with Gasteiger partial charge in [-0.25, -0.2) is 0 Å². The lowest BCUT2D eigenvalue weighted by Gasteiger charge is -2.38. The molecule has 0 unspecified atom stereocenters. The van der Waals surface area contributed by atoms with Crippen molar-refractivity contribution >= 4 is 16.9 Å². The standard InChI is InChI=1S/C17H20N2O4/c20-16(11-13-12-5-1-2-7-15(12)23-18-13)19-8-4-3-6-14(19)17-21-9-10-22-17/h1-2,5,7,14,17H,3-4,6,8-11H2/t14-/m1/s1. The van der Waals surface area contributed by atoms with E-state index in [-0.39, 0.29) is 24.7 Å². The van der Waals surface area contributed by atoms with Gasteiger partial charge < -0.3 is 18.9 Å². The summed E-state index contributed by atoms with van der Waals surface area (Å²) < 4.78 is 16.5. The second kappa shape index (κ2) is 6.29. The maximum absolute atomic E-state index is 12.8. The summed E-state index contributed by atoms with van der Waals surface area (Å²) in [5.74, 6) is 0.0628. The van der Waals surface area contributed by atoms with E-state index in [1.807, 2.05) is 29.2 Å². The number of carbonyl (C=O) groups is 1. The van der Waals surface area contributed by atoms with Crippen molar-refractivity contribution in [2.75, 3.05) is 19.8 Å². The van der Waals surface area contributed by atoms with E-state index in [0.717, 1.165) is 31.2 Å². The molecule has 2 fully saturated rings. The smallest absolute Gasteiger partial charge is 0.229 e. The van der Waals surface area contributed by atoms with Crippen molar-refractivity contribution in [1.82, 2.24) is 10.1 Å². The average Bonchev–Trinajstić information content (AvgIpc) is 3.25. The van der Waals surface area contributed by atoms with Gasteiger partial charge in [0.15, 0.2) is 11.9 Å². The summed E-state index contributed by atoms with van der Waals surface area (Å²) >= 11 is 0. The molecule has 1 aromatic carbocycles.